The Balaban J connectivity index is 0.000000167. The molecule has 0 amide bonds. The van der Waals surface area contributed by atoms with Crippen LogP contribution in [-0.4, -0.2) is 72.9 Å². The standard InChI is InChI=1S/C8H6ClNO.C6H12O6/c9-5-1-2-7-6(3-5)8(11)4-10-7;7-1-2-3(8)4(9)5(10)6(11)12-2/h1-4,10-11H;2-11H,1H2/t;2-,3-,4+,5+,6+/m.1/s1. The third-order valence-electron chi connectivity index (χ3n) is 3.49. The Labute approximate surface area is 136 Å². The molecule has 7 N–H and O–H groups in total. The second-order valence-electron chi connectivity index (χ2n) is 5.08. The number of benzene rings is 1. The molecule has 1 aromatic carbocycles. The zero-order valence-electron chi connectivity index (χ0n) is 11.9. The van der Waals surface area contributed by atoms with Crippen LogP contribution >= 0.6 is 11.6 Å². The number of ether oxygens (including phenoxy) is 1. The number of H-pyrrole nitrogens is 1. The summed E-state index contributed by atoms with van der Waals surface area (Å²) in [5.41, 5.74) is 0.895. The summed E-state index contributed by atoms with van der Waals surface area (Å²) in [7, 11) is 0. The largest absolute Gasteiger partial charge is 0.506 e. The van der Waals surface area contributed by atoms with Crippen LogP contribution in [0.25, 0.3) is 10.9 Å². The average Bonchev–Trinajstić information content (AvgIpc) is 2.90. The van der Waals surface area contributed by atoms with Crippen molar-refractivity contribution in [3.63, 3.8) is 0 Å². The van der Waals surface area contributed by atoms with Gasteiger partial charge in [0.1, 0.15) is 30.2 Å². The van der Waals surface area contributed by atoms with Crippen LogP contribution in [0.3, 0.4) is 0 Å². The SMILES string of the molecule is OC[C@H]1O[C@H](O)[C@@H](O)[C@@H](O)[C@@H]1O.Oc1c[nH]c2ccc(Cl)cc12. The van der Waals surface area contributed by atoms with Crippen LogP contribution in [0.5, 0.6) is 5.75 Å². The molecule has 0 unspecified atom stereocenters. The molecule has 0 radical (unpaired) electrons. The number of hydrogen-bond donors (Lipinski definition) is 7. The first kappa shape index (κ1) is 18.0. The summed E-state index contributed by atoms with van der Waals surface area (Å²) < 4.78 is 4.58. The summed E-state index contributed by atoms with van der Waals surface area (Å²) in [4.78, 5) is 2.91. The molecule has 5 atom stereocenters. The molecule has 1 aliphatic rings. The number of hydrogen-bond acceptors (Lipinski definition) is 7. The highest BCUT2D eigenvalue weighted by Crippen LogP contribution is 2.26. The van der Waals surface area contributed by atoms with E-state index in [-0.39, 0.29) is 5.75 Å². The fourth-order valence-electron chi connectivity index (χ4n) is 2.16. The molecule has 0 bridgehead atoms. The van der Waals surface area contributed by atoms with Gasteiger partial charge in [0, 0.05) is 22.1 Å². The number of aliphatic hydroxyl groups is 5. The number of aromatic hydroxyl groups is 1. The average molecular weight is 348 g/mol. The summed E-state index contributed by atoms with van der Waals surface area (Å²) in [5.74, 6) is 0.238. The van der Waals surface area contributed by atoms with Gasteiger partial charge in [-0.15, -0.1) is 0 Å². The Morgan fingerprint density at radius 1 is 1.09 bits per heavy atom. The first-order valence-corrected chi connectivity index (χ1v) is 7.17. The number of halogens is 1. The van der Waals surface area contributed by atoms with E-state index in [9.17, 15) is 5.11 Å². The van der Waals surface area contributed by atoms with E-state index in [4.69, 9.17) is 37.1 Å². The van der Waals surface area contributed by atoms with Crippen LogP contribution < -0.4 is 0 Å². The number of nitrogens with one attached hydrogen (secondary N) is 1. The molecule has 2 heterocycles. The molecule has 0 saturated carbocycles. The van der Waals surface area contributed by atoms with Crippen LogP contribution in [0.15, 0.2) is 24.4 Å². The lowest BCUT2D eigenvalue weighted by atomic mass is 10.00. The number of fused-ring (bicyclic) bond motifs is 1. The van der Waals surface area contributed by atoms with Gasteiger partial charge in [0.2, 0.25) is 0 Å². The van der Waals surface area contributed by atoms with E-state index in [0.717, 1.165) is 10.9 Å². The fraction of sp³-hybridized carbons (Fsp3) is 0.429. The van der Waals surface area contributed by atoms with Crippen LogP contribution in [0.1, 0.15) is 0 Å². The van der Waals surface area contributed by atoms with Crippen molar-refractivity contribution in [2.75, 3.05) is 6.61 Å². The first-order chi connectivity index (χ1) is 10.8. The van der Waals surface area contributed by atoms with Gasteiger partial charge in [-0.2, -0.15) is 0 Å². The van der Waals surface area contributed by atoms with Gasteiger partial charge in [-0.3, -0.25) is 0 Å². The molecule has 1 aliphatic heterocycles. The molecule has 0 aliphatic carbocycles. The van der Waals surface area contributed by atoms with E-state index in [1.54, 1.807) is 18.3 Å². The van der Waals surface area contributed by atoms with Crippen LogP contribution in [0.4, 0.5) is 0 Å². The predicted molar refractivity (Wildman–Crippen MR) is 81.0 cm³/mol. The van der Waals surface area contributed by atoms with E-state index < -0.39 is 37.3 Å². The van der Waals surface area contributed by atoms with Gasteiger partial charge < -0.3 is 40.4 Å². The second kappa shape index (κ2) is 7.45. The Morgan fingerprint density at radius 2 is 1.78 bits per heavy atom. The highest BCUT2D eigenvalue weighted by atomic mass is 35.5. The molecule has 9 heteroatoms. The first-order valence-electron chi connectivity index (χ1n) is 6.79. The van der Waals surface area contributed by atoms with Gasteiger partial charge >= 0.3 is 0 Å². The van der Waals surface area contributed by atoms with E-state index in [1.807, 2.05) is 6.07 Å². The highest BCUT2D eigenvalue weighted by Gasteiger charge is 2.42. The smallest absolute Gasteiger partial charge is 0.184 e. The van der Waals surface area contributed by atoms with Gasteiger partial charge in [-0.1, -0.05) is 11.6 Å². The maximum Gasteiger partial charge on any atom is 0.184 e. The summed E-state index contributed by atoms with van der Waals surface area (Å²) in [6.07, 6.45) is -5.50. The maximum absolute atomic E-state index is 9.25. The van der Waals surface area contributed by atoms with Gasteiger partial charge in [0.15, 0.2) is 6.29 Å². The zero-order chi connectivity index (χ0) is 17.1. The third kappa shape index (κ3) is 3.93. The van der Waals surface area contributed by atoms with Crippen molar-refractivity contribution < 1.29 is 35.4 Å². The Kier molecular flexibility index (Phi) is 5.82. The summed E-state index contributed by atoms with van der Waals surface area (Å²) in [5, 5.41) is 55.3. The molecule has 1 aromatic heterocycles. The number of aromatic amines is 1. The molecule has 8 nitrogen and oxygen atoms in total. The van der Waals surface area contributed by atoms with Gasteiger partial charge in [-0.25, -0.2) is 0 Å². The predicted octanol–water partition coefficient (Wildman–Crippen LogP) is -0.694. The second-order valence-corrected chi connectivity index (χ2v) is 5.52. The van der Waals surface area contributed by atoms with E-state index in [0.29, 0.717) is 5.02 Å². The van der Waals surface area contributed by atoms with Crippen LogP contribution in [0.2, 0.25) is 5.02 Å². The van der Waals surface area contributed by atoms with Crippen molar-refractivity contribution >= 4 is 22.5 Å². The molecule has 128 valence electrons. The number of rotatable bonds is 1. The molecule has 3 rings (SSSR count). The summed E-state index contributed by atoms with van der Waals surface area (Å²) in [6.45, 7) is -0.526. The molecular formula is C14H18ClNO7. The Morgan fingerprint density at radius 3 is 2.43 bits per heavy atom. The van der Waals surface area contributed by atoms with Crippen LogP contribution in [0, 0.1) is 0 Å². The van der Waals surface area contributed by atoms with Gasteiger partial charge in [0.25, 0.3) is 0 Å². The lowest BCUT2D eigenvalue weighted by Gasteiger charge is -2.37. The third-order valence-corrected chi connectivity index (χ3v) is 3.72. The van der Waals surface area contributed by atoms with Gasteiger partial charge in [-0.05, 0) is 18.2 Å². The molecule has 1 saturated heterocycles. The monoisotopic (exact) mass is 347 g/mol. The molecular weight excluding hydrogens is 330 g/mol. The normalized spacial score (nSPS) is 30.8. The Bertz CT molecular complexity index is 644. The van der Waals surface area contributed by atoms with Crippen molar-refractivity contribution in [3.8, 4) is 5.75 Å². The minimum atomic E-state index is -1.57. The number of aromatic nitrogens is 1. The number of aliphatic hydroxyl groups excluding tert-OH is 5. The van der Waals surface area contributed by atoms with Crippen molar-refractivity contribution in [2.45, 2.75) is 30.7 Å². The topological polar surface area (TPSA) is 146 Å². The van der Waals surface area contributed by atoms with Crippen molar-refractivity contribution in [2.24, 2.45) is 0 Å². The summed E-state index contributed by atoms with van der Waals surface area (Å²) >= 11 is 5.72. The lowest BCUT2D eigenvalue weighted by molar-refractivity contribution is -0.286. The molecule has 1 fully saturated rings. The minimum Gasteiger partial charge on any atom is -0.506 e. The molecule has 2 aromatic rings. The molecule has 23 heavy (non-hydrogen) atoms. The summed E-state index contributed by atoms with van der Waals surface area (Å²) in [6, 6.07) is 5.33. The maximum atomic E-state index is 9.25. The lowest BCUT2D eigenvalue weighted by Crippen LogP contribution is -2.58. The van der Waals surface area contributed by atoms with E-state index >= 15 is 0 Å². The van der Waals surface area contributed by atoms with E-state index in [2.05, 4.69) is 9.72 Å². The molecule has 0 spiro atoms. The van der Waals surface area contributed by atoms with Crippen molar-refractivity contribution in [1.82, 2.24) is 4.98 Å². The highest BCUT2D eigenvalue weighted by molar-refractivity contribution is 6.31. The van der Waals surface area contributed by atoms with E-state index in [1.165, 1.54) is 0 Å². The zero-order valence-corrected chi connectivity index (χ0v) is 12.6. The minimum absolute atomic E-state index is 0.238. The van der Waals surface area contributed by atoms with Crippen molar-refractivity contribution in [1.29, 1.82) is 0 Å². The van der Waals surface area contributed by atoms with Crippen LogP contribution in [-0.2, 0) is 4.74 Å². The quantitative estimate of drug-likeness (QED) is 0.361. The van der Waals surface area contributed by atoms with Crippen molar-refractivity contribution in [3.05, 3.63) is 29.4 Å². The Hall–Kier alpha value is -1.39. The van der Waals surface area contributed by atoms with Gasteiger partial charge in [0.05, 0.1) is 6.61 Å². The fourth-order valence-corrected chi connectivity index (χ4v) is 2.33.